The highest BCUT2D eigenvalue weighted by Gasteiger charge is 2.07. The van der Waals surface area contributed by atoms with Crippen molar-refractivity contribution in [1.82, 2.24) is 5.32 Å². The average Bonchev–Trinajstić information content (AvgIpc) is 1.86. The minimum absolute atomic E-state index is 0.0853. The fraction of sp³-hybridized carbons (Fsp3) is 0.625. The van der Waals surface area contributed by atoms with E-state index < -0.39 is 0 Å². The van der Waals surface area contributed by atoms with E-state index >= 15 is 0 Å². The maximum Gasteiger partial charge on any atom is 0.354 e. The van der Waals surface area contributed by atoms with E-state index in [0.717, 1.165) is 0 Å². The van der Waals surface area contributed by atoms with Crippen molar-refractivity contribution in [3.63, 3.8) is 0 Å². The third kappa shape index (κ3) is 4.42. The first-order valence-corrected chi connectivity index (χ1v) is 3.71. The molecule has 0 bridgehead atoms. The van der Waals surface area contributed by atoms with Crippen LogP contribution in [-0.4, -0.2) is 18.6 Å². The maximum absolute atomic E-state index is 11.0. The quantitative estimate of drug-likeness (QED) is 0.490. The molecular formula is C8H15NO2. The summed E-state index contributed by atoms with van der Waals surface area (Å²) in [5.41, 5.74) is 0.321. The lowest BCUT2D eigenvalue weighted by Crippen LogP contribution is -2.23. The molecule has 3 heteroatoms. The number of hydrogen-bond donors (Lipinski definition) is 1. The van der Waals surface area contributed by atoms with Crippen molar-refractivity contribution in [2.24, 2.45) is 0 Å². The van der Waals surface area contributed by atoms with Gasteiger partial charge in [0, 0.05) is 6.54 Å². The van der Waals surface area contributed by atoms with Gasteiger partial charge in [0.1, 0.15) is 5.70 Å². The molecule has 0 aliphatic heterocycles. The van der Waals surface area contributed by atoms with Gasteiger partial charge in [-0.05, 0) is 20.8 Å². The molecule has 0 aromatic carbocycles. The van der Waals surface area contributed by atoms with Crippen LogP contribution in [0.25, 0.3) is 0 Å². The second-order valence-electron chi connectivity index (χ2n) is 2.46. The molecule has 0 amide bonds. The number of carbonyl (C=O) groups is 1. The lowest BCUT2D eigenvalue weighted by Gasteiger charge is -2.09. The van der Waals surface area contributed by atoms with Crippen LogP contribution in [-0.2, 0) is 9.53 Å². The van der Waals surface area contributed by atoms with Crippen LogP contribution < -0.4 is 5.32 Å². The van der Waals surface area contributed by atoms with E-state index in [-0.39, 0.29) is 12.1 Å². The summed E-state index contributed by atoms with van der Waals surface area (Å²) in [6.45, 7) is 9.70. The fourth-order valence-corrected chi connectivity index (χ4v) is 0.571. The van der Waals surface area contributed by atoms with Gasteiger partial charge in [-0.25, -0.2) is 4.79 Å². The zero-order valence-electron chi connectivity index (χ0n) is 7.31. The average molecular weight is 157 g/mol. The molecule has 0 atom stereocenters. The first-order valence-electron chi connectivity index (χ1n) is 3.71. The van der Waals surface area contributed by atoms with Crippen LogP contribution in [0, 0.1) is 0 Å². The van der Waals surface area contributed by atoms with Crippen LogP contribution in [0.1, 0.15) is 20.8 Å². The molecule has 0 aromatic heterocycles. The van der Waals surface area contributed by atoms with Crippen LogP contribution in [0.2, 0.25) is 0 Å². The van der Waals surface area contributed by atoms with Gasteiger partial charge in [0.05, 0.1) is 6.10 Å². The molecule has 0 aliphatic carbocycles. The van der Waals surface area contributed by atoms with Crippen LogP contribution in [0.3, 0.4) is 0 Å². The summed E-state index contributed by atoms with van der Waals surface area (Å²) in [5, 5.41) is 2.78. The molecule has 0 heterocycles. The van der Waals surface area contributed by atoms with Crippen LogP contribution in [0.15, 0.2) is 12.3 Å². The predicted molar refractivity (Wildman–Crippen MR) is 44.0 cm³/mol. The van der Waals surface area contributed by atoms with Crippen LogP contribution in [0.4, 0.5) is 0 Å². The van der Waals surface area contributed by atoms with Gasteiger partial charge in [-0.1, -0.05) is 6.58 Å². The van der Waals surface area contributed by atoms with Crippen molar-refractivity contribution >= 4 is 5.97 Å². The maximum atomic E-state index is 11.0. The van der Waals surface area contributed by atoms with Gasteiger partial charge in [0.2, 0.25) is 0 Å². The largest absolute Gasteiger partial charge is 0.458 e. The summed E-state index contributed by atoms with van der Waals surface area (Å²) in [4.78, 5) is 11.0. The summed E-state index contributed by atoms with van der Waals surface area (Å²) in [7, 11) is 0. The van der Waals surface area contributed by atoms with Crippen LogP contribution >= 0.6 is 0 Å². The van der Waals surface area contributed by atoms with Crippen molar-refractivity contribution in [2.45, 2.75) is 26.9 Å². The fourth-order valence-electron chi connectivity index (χ4n) is 0.571. The summed E-state index contributed by atoms with van der Waals surface area (Å²) in [6.07, 6.45) is -0.0853. The number of rotatable bonds is 4. The number of likely N-dealkylation sites (N-methyl/N-ethyl adjacent to an activating group) is 1. The van der Waals surface area contributed by atoms with E-state index in [1.165, 1.54) is 0 Å². The third-order valence-electron chi connectivity index (χ3n) is 0.979. The van der Waals surface area contributed by atoms with Gasteiger partial charge in [-0.15, -0.1) is 0 Å². The molecule has 0 aliphatic rings. The summed E-state index contributed by atoms with van der Waals surface area (Å²) in [5.74, 6) is -0.373. The van der Waals surface area contributed by atoms with E-state index in [4.69, 9.17) is 4.74 Å². The Morgan fingerprint density at radius 2 is 2.18 bits per heavy atom. The lowest BCUT2D eigenvalue weighted by atomic mass is 10.4. The molecule has 0 aromatic rings. The van der Waals surface area contributed by atoms with Crippen molar-refractivity contribution in [3.05, 3.63) is 12.3 Å². The molecule has 0 saturated carbocycles. The highest BCUT2D eigenvalue weighted by molar-refractivity contribution is 5.87. The Hall–Kier alpha value is -0.990. The molecule has 0 fully saturated rings. The van der Waals surface area contributed by atoms with Gasteiger partial charge < -0.3 is 10.1 Å². The zero-order chi connectivity index (χ0) is 8.85. The second kappa shape index (κ2) is 4.77. The summed E-state index contributed by atoms with van der Waals surface area (Å²) in [6, 6.07) is 0. The molecular weight excluding hydrogens is 142 g/mol. The van der Waals surface area contributed by atoms with E-state index in [9.17, 15) is 4.79 Å². The third-order valence-corrected chi connectivity index (χ3v) is 0.979. The molecule has 0 saturated heterocycles. The topological polar surface area (TPSA) is 38.3 Å². The Morgan fingerprint density at radius 1 is 1.64 bits per heavy atom. The molecule has 0 radical (unpaired) electrons. The highest BCUT2D eigenvalue weighted by Crippen LogP contribution is 1.94. The van der Waals surface area contributed by atoms with Gasteiger partial charge in [0.15, 0.2) is 0 Å². The molecule has 11 heavy (non-hydrogen) atoms. The summed E-state index contributed by atoms with van der Waals surface area (Å²) >= 11 is 0. The monoisotopic (exact) mass is 157 g/mol. The predicted octanol–water partition coefficient (Wildman–Crippen LogP) is 1.06. The number of hydrogen-bond acceptors (Lipinski definition) is 3. The second-order valence-corrected chi connectivity index (χ2v) is 2.46. The zero-order valence-corrected chi connectivity index (χ0v) is 7.31. The van der Waals surface area contributed by atoms with Crippen LogP contribution in [0.5, 0.6) is 0 Å². The van der Waals surface area contributed by atoms with E-state index in [1.807, 2.05) is 6.92 Å². The number of esters is 1. The Bertz CT molecular complexity index is 152. The van der Waals surface area contributed by atoms with Crippen molar-refractivity contribution in [2.75, 3.05) is 6.54 Å². The Labute approximate surface area is 67.4 Å². The van der Waals surface area contributed by atoms with Gasteiger partial charge in [-0.3, -0.25) is 0 Å². The molecule has 1 N–H and O–H groups in total. The molecule has 64 valence electrons. The summed E-state index contributed by atoms with van der Waals surface area (Å²) < 4.78 is 4.86. The molecule has 3 nitrogen and oxygen atoms in total. The van der Waals surface area contributed by atoms with Gasteiger partial charge in [0.25, 0.3) is 0 Å². The minimum Gasteiger partial charge on any atom is -0.458 e. The molecule has 0 rings (SSSR count). The number of ether oxygens (including phenoxy) is 1. The SMILES string of the molecule is C=C(NCC)C(=O)OC(C)C. The van der Waals surface area contributed by atoms with E-state index in [0.29, 0.717) is 12.2 Å². The Morgan fingerprint density at radius 3 is 2.55 bits per heavy atom. The Kier molecular flexibility index (Phi) is 4.34. The normalized spacial score (nSPS) is 9.45. The van der Waals surface area contributed by atoms with E-state index in [1.54, 1.807) is 13.8 Å². The highest BCUT2D eigenvalue weighted by atomic mass is 16.5. The first kappa shape index (κ1) is 10.0. The van der Waals surface area contributed by atoms with Crippen molar-refractivity contribution in [3.8, 4) is 0 Å². The standard InChI is InChI=1S/C8H15NO2/c1-5-9-7(4)8(10)11-6(2)3/h6,9H,4-5H2,1-3H3. The molecule has 0 unspecified atom stereocenters. The first-order chi connectivity index (χ1) is 5.07. The number of nitrogens with one attached hydrogen (secondary N) is 1. The Balaban J connectivity index is 3.74. The van der Waals surface area contributed by atoms with Gasteiger partial charge >= 0.3 is 5.97 Å². The minimum atomic E-state index is -0.373. The van der Waals surface area contributed by atoms with Crippen molar-refractivity contribution in [1.29, 1.82) is 0 Å². The van der Waals surface area contributed by atoms with Crippen molar-refractivity contribution < 1.29 is 9.53 Å². The lowest BCUT2D eigenvalue weighted by molar-refractivity contribution is -0.143. The molecule has 0 spiro atoms. The smallest absolute Gasteiger partial charge is 0.354 e. The van der Waals surface area contributed by atoms with Gasteiger partial charge in [-0.2, -0.15) is 0 Å². The number of carbonyl (C=O) groups excluding carboxylic acids is 1. The van der Waals surface area contributed by atoms with E-state index in [2.05, 4.69) is 11.9 Å².